The Morgan fingerprint density at radius 1 is 1.50 bits per heavy atom. The summed E-state index contributed by atoms with van der Waals surface area (Å²) in [4.78, 5) is 11.4. The molecule has 0 saturated carbocycles. The molecule has 0 fully saturated rings. The second-order valence-corrected chi connectivity index (χ2v) is 4.57. The minimum Gasteiger partial charge on any atom is -0.338 e. The first-order valence-electron chi connectivity index (χ1n) is 6.44. The topological polar surface area (TPSA) is 41.1 Å². The van der Waals surface area contributed by atoms with E-state index in [1.165, 1.54) is 31.3 Å². The molecule has 2 N–H and O–H groups in total. The van der Waals surface area contributed by atoms with Crippen molar-refractivity contribution in [1.82, 2.24) is 10.6 Å². The molecule has 0 saturated heterocycles. The smallest absolute Gasteiger partial charge is 0.315 e. The number of hydrogen-bond donors (Lipinski definition) is 2. The molecular formula is C13H24N2O. The quantitative estimate of drug-likeness (QED) is 0.693. The first-order valence-corrected chi connectivity index (χ1v) is 6.44. The zero-order chi connectivity index (χ0) is 11.8. The van der Waals surface area contributed by atoms with Crippen molar-refractivity contribution >= 4 is 6.03 Å². The van der Waals surface area contributed by atoms with Gasteiger partial charge in [0.15, 0.2) is 0 Å². The Kier molecular flexibility index (Phi) is 5.98. The van der Waals surface area contributed by atoms with Crippen molar-refractivity contribution in [2.75, 3.05) is 6.54 Å². The summed E-state index contributed by atoms with van der Waals surface area (Å²) < 4.78 is 0. The molecular weight excluding hydrogens is 200 g/mol. The van der Waals surface area contributed by atoms with E-state index in [1.54, 1.807) is 0 Å². The molecule has 0 aromatic heterocycles. The number of hydrogen-bond acceptors (Lipinski definition) is 1. The van der Waals surface area contributed by atoms with E-state index in [1.807, 2.05) is 6.92 Å². The Morgan fingerprint density at radius 3 is 2.94 bits per heavy atom. The van der Waals surface area contributed by atoms with Gasteiger partial charge in [-0.05, 0) is 45.4 Å². The van der Waals surface area contributed by atoms with Gasteiger partial charge in [0, 0.05) is 12.6 Å². The van der Waals surface area contributed by atoms with E-state index in [4.69, 9.17) is 0 Å². The molecule has 0 aliphatic heterocycles. The minimum atomic E-state index is -0.0363. The standard InChI is InChI=1S/C13H24N2O/c1-3-11(2)15-13(16)14-10-9-12-7-5-4-6-8-12/h7,11H,3-6,8-10H2,1-2H3,(H2,14,15,16)/t11-/m1/s1. The van der Waals surface area contributed by atoms with Crippen LogP contribution in [0.2, 0.25) is 0 Å². The molecule has 2 amide bonds. The van der Waals surface area contributed by atoms with Crippen molar-refractivity contribution in [2.24, 2.45) is 0 Å². The fraction of sp³-hybridized carbons (Fsp3) is 0.769. The van der Waals surface area contributed by atoms with Crippen molar-refractivity contribution in [1.29, 1.82) is 0 Å². The molecule has 0 aromatic rings. The van der Waals surface area contributed by atoms with E-state index in [2.05, 4.69) is 23.6 Å². The Balaban J connectivity index is 2.10. The first-order chi connectivity index (χ1) is 7.72. The molecule has 3 nitrogen and oxygen atoms in total. The number of nitrogens with one attached hydrogen (secondary N) is 2. The van der Waals surface area contributed by atoms with Crippen LogP contribution in [0, 0.1) is 0 Å². The molecule has 0 heterocycles. The first kappa shape index (κ1) is 13.1. The van der Waals surface area contributed by atoms with E-state index >= 15 is 0 Å². The van der Waals surface area contributed by atoms with Gasteiger partial charge < -0.3 is 10.6 Å². The lowest BCUT2D eigenvalue weighted by Crippen LogP contribution is -2.40. The molecule has 1 rings (SSSR count). The van der Waals surface area contributed by atoms with Crippen molar-refractivity contribution < 1.29 is 4.79 Å². The van der Waals surface area contributed by atoms with Crippen molar-refractivity contribution in [3.63, 3.8) is 0 Å². The molecule has 16 heavy (non-hydrogen) atoms. The third-order valence-electron chi connectivity index (χ3n) is 3.11. The van der Waals surface area contributed by atoms with Crippen LogP contribution in [0.15, 0.2) is 11.6 Å². The molecule has 0 unspecified atom stereocenters. The van der Waals surface area contributed by atoms with Crippen molar-refractivity contribution in [2.45, 2.75) is 58.4 Å². The number of allylic oxidation sites excluding steroid dienone is 1. The van der Waals surface area contributed by atoms with Crippen LogP contribution in [-0.2, 0) is 0 Å². The highest BCUT2D eigenvalue weighted by Crippen LogP contribution is 2.19. The largest absolute Gasteiger partial charge is 0.338 e. The number of urea groups is 1. The maximum Gasteiger partial charge on any atom is 0.315 e. The summed E-state index contributed by atoms with van der Waals surface area (Å²) in [7, 11) is 0. The van der Waals surface area contributed by atoms with E-state index in [0.717, 1.165) is 19.4 Å². The SMILES string of the molecule is CC[C@@H](C)NC(=O)NCCC1=CCCCC1. The molecule has 1 aliphatic carbocycles. The predicted molar refractivity (Wildman–Crippen MR) is 67.5 cm³/mol. The van der Waals surface area contributed by atoms with Gasteiger partial charge in [-0.15, -0.1) is 0 Å². The average molecular weight is 224 g/mol. The van der Waals surface area contributed by atoms with Crippen molar-refractivity contribution in [3.8, 4) is 0 Å². The van der Waals surface area contributed by atoms with Gasteiger partial charge in [-0.1, -0.05) is 18.6 Å². The van der Waals surface area contributed by atoms with Crippen LogP contribution in [0.25, 0.3) is 0 Å². The molecule has 0 bridgehead atoms. The second-order valence-electron chi connectivity index (χ2n) is 4.57. The lowest BCUT2D eigenvalue weighted by atomic mass is 9.97. The van der Waals surface area contributed by atoms with E-state index in [0.29, 0.717) is 0 Å². The normalized spacial score (nSPS) is 17.5. The van der Waals surface area contributed by atoms with Gasteiger partial charge in [0.2, 0.25) is 0 Å². The third kappa shape index (κ3) is 5.19. The van der Waals surface area contributed by atoms with Crippen LogP contribution in [-0.4, -0.2) is 18.6 Å². The van der Waals surface area contributed by atoms with E-state index in [9.17, 15) is 4.79 Å². The van der Waals surface area contributed by atoms with Gasteiger partial charge in [0.25, 0.3) is 0 Å². The summed E-state index contributed by atoms with van der Waals surface area (Å²) in [5, 5.41) is 5.80. The van der Waals surface area contributed by atoms with E-state index in [-0.39, 0.29) is 12.1 Å². The number of carbonyl (C=O) groups is 1. The molecule has 1 aliphatic rings. The predicted octanol–water partition coefficient (Wildman–Crippen LogP) is 2.97. The Hall–Kier alpha value is -0.990. The minimum absolute atomic E-state index is 0.0363. The fourth-order valence-electron chi connectivity index (χ4n) is 1.85. The van der Waals surface area contributed by atoms with Crippen LogP contribution < -0.4 is 10.6 Å². The molecule has 1 atom stereocenters. The Morgan fingerprint density at radius 2 is 2.31 bits per heavy atom. The fourth-order valence-corrected chi connectivity index (χ4v) is 1.85. The zero-order valence-electron chi connectivity index (χ0n) is 10.5. The van der Waals surface area contributed by atoms with E-state index < -0.39 is 0 Å². The van der Waals surface area contributed by atoms with Gasteiger partial charge >= 0.3 is 6.03 Å². The Labute approximate surface area is 98.7 Å². The van der Waals surface area contributed by atoms with Crippen LogP contribution in [0.5, 0.6) is 0 Å². The number of amides is 2. The van der Waals surface area contributed by atoms with Gasteiger partial charge in [0.05, 0.1) is 0 Å². The molecule has 0 aromatic carbocycles. The summed E-state index contributed by atoms with van der Waals surface area (Å²) in [6, 6.07) is 0.222. The summed E-state index contributed by atoms with van der Waals surface area (Å²) in [5.41, 5.74) is 1.51. The highest BCUT2D eigenvalue weighted by Gasteiger charge is 2.06. The van der Waals surface area contributed by atoms with Gasteiger partial charge in [0.1, 0.15) is 0 Å². The summed E-state index contributed by atoms with van der Waals surface area (Å²) in [6.07, 6.45) is 9.38. The van der Waals surface area contributed by atoms with Gasteiger partial charge in [-0.2, -0.15) is 0 Å². The van der Waals surface area contributed by atoms with Crippen molar-refractivity contribution in [3.05, 3.63) is 11.6 Å². The van der Waals surface area contributed by atoms with Crippen LogP contribution >= 0.6 is 0 Å². The maximum absolute atomic E-state index is 11.4. The third-order valence-corrected chi connectivity index (χ3v) is 3.11. The maximum atomic E-state index is 11.4. The lowest BCUT2D eigenvalue weighted by molar-refractivity contribution is 0.237. The molecule has 92 valence electrons. The number of carbonyl (C=O) groups excluding carboxylic acids is 1. The van der Waals surface area contributed by atoms with Crippen LogP contribution in [0.1, 0.15) is 52.4 Å². The Bertz CT molecular complexity index is 248. The number of rotatable bonds is 5. The van der Waals surface area contributed by atoms with Gasteiger partial charge in [-0.3, -0.25) is 0 Å². The molecule has 3 heteroatoms. The summed E-state index contributed by atoms with van der Waals surface area (Å²) >= 11 is 0. The lowest BCUT2D eigenvalue weighted by Gasteiger charge is -2.15. The van der Waals surface area contributed by atoms with Crippen LogP contribution in [0.4, 0.5) is 4.79 Å². The monoisotopic (exact) mass is 224 g/mol. The zero-order valence-corrected chi connectivity index (χ0v) is 10.5. The molecule has 0 radical (unpaired) electrons. The van der Waals surface area contributed by atoms with Gasteiger partial charge in [-0.25, -0.2) is 4.79 Å². The highest BCUT2D eigenvalue weighted by atomic mass is 16.2. The molecule has 0 spiro atoms. The second kappa shape index (κ2) is 7.31. The summed E-state index contributed by atoms with van der Waals surface area (Å²) in [6.45, 7) is 4.84. The average Bonchev–Trinajstić information content (AvgIpc) is 2.30. The van der Waals surface area contributed by atoms with Crippen LogP contribution in [0.3, 0.4) is 0 Å². The summed E-state index contributed by atoms with van der Waals surface area (Å²) in [5.74, 6) is 0. The highest BCUT2D eigenvalue weighted by molar-refractivity contribution is 5.74.